The lowest BCUT2D eigenvalue weighted by atomic mass is 9.75. The van der Waals surface area contributed by atoms with Crippen molar-refractivity contribution in [1.29, 1.82) is 0 Å². The number of hydrogen-bond donors (Lipinski definition) is 2. The molecule has 0 radical (unpaired) electrons. The van der Waals surface area contributed by atoms with Gasteiger partial charge in [-0.3, -0.25) is 10.0 Å². The van der Waals surface area contributed by atoms with Crippen LogP contribution in [0, 0.1) is 5.41 Å². The van der Waals surface area contributed by atoms with E-state index in [4.69, 9.17) is 21.3 Å². The van der Waals surface area contributed by atoms with Crippen molar-refractivity contribution < 1.29 is 4.74 Å². The van der Waals surface area contributed by atoms with Crippen LogP contribution in [0.15, 0.2) is 82.1 Å². The summed E-state index contributed by atoms with van der Waals surface area (Å²) in [5.41, 5.74) is 15.8. The highest BCUT2D eigenvalue weighted by molar-refractivity contribution is 6.45. The lowest BCUT2D eigenvalue weighted by molar-refractivity contribution is 0.137. The van der Waals surface area contributed by atoms with Crippen LogP contribution in [0.1, 0.15) is 47.0 Å². The predicted molar refractivity (Wildman–Crippen MR) is 146 cm³/mol. The molecule has 1 saturated heterocycles. The zero-order valence-electron chi connectivity index (χ0n) is 22.1. The van der Waals surface area contributed by atoms with E-state index < -0.39 is 0 Å². The maximum absolute atomic E-state index is 6.37. The van der Waals surface area contributed by atoms with Gasteiger partial charge >= 0.3 is 0 Å². The fourth-order valence-electron chi connectivity index (χ4n) is 3.94. The van der Waals surface area contributed by atoms with Gasteiger partial charge in [0.15, 0.2) is 5.84 Å². The number of hydrazone groups is 1. The predicted octanol–water partition coefficient (Wildman–Crippen LogP) is 4.70. The second kappa shape index (κ2) is 14.8. The molecule has 7 nitrogen and oxygen atoms in total. The van der Waals surface area contributed by atoms with Crippen LogP contribution in [0.5, 0.6) is 0 Å². The SMILES string of the molecule is C\C=C/C=C(\C=C/C)[C@]1(C)CCCN(/N=C(\N)C(C=CC/C(=C/OC)N(C)/C=C(/C)N)=NC)C1. The number of aliphatic imine (C=N–C) groups is 1. The van der Waals surface area contributed by atoms with Gasteiger partial charge in [0.1, 0.15) is 12.0 Å². The average Bonchev–Trinajstić information content (AvgIpc) is 2.78. The van der Waals surface area contributed by atoms with Crippen LogP contribution in [0.3, 0.4) is 0 Å². The Bertz CT molecular complexity index is 887. The summed E-state index contributed by atoms with van der Waals surface area (Å²) in [6.07, 6.45) is 20.9. The van der Waals surface area contributed by atoms with Crippen molar-refractivity contribution in [3.8, 4) is 0 Å². The Morgan fingerprint density at radius 2 is 1.94 bits per heavy atom. The highest BCUT2D eigenvalue weighted by atomic mass is 16.5. The van der Waals surface area contributed by atoms with E-state index in [1.807, 2.05) is 44.1 Å². The maximum Gasteiger partial charge on any atom is 0.168 e. The summed E-state index contributed by atoms with van der Waals surface area (Å²) in [6.45, 7) is 9.91. The molecule has 1 rings (SSSR count). The third-order valence-corrected chi connectivity index (χ3v) is 5.65. The van der Waals surface area contributed by atoms with Gasteiger partial charge in [-0.25, -0.2) is 0 Å². The normalized spacial score (nSPS) is 21.9. The molecule has 7 heteroatoms. The molecule has 0 bridgehead atoms. The smallest absolute Gasteiger partial charge is 0.168 e. The van der Waals surface area contributed by atoms with Crippen LogP contribution in [0.25, 0.3) is 0 Å². The quantitative estimate of drug-likeness (QED) is 0.198. The molecule has 0 aromatic rings. The number of hydrogen-bond acceptors (Lipinski definition) is 6. The third-order valence-electron chi connectivity index (χ3n) is 5.65. The van der Waals surface area contributed by atoms with E-state index in [0.717, 1.165) is 31.6 Å². The van der Waals surface area contributed by atoms with Gasteiger partial charge in [0.25, 0.3) is 0 Å². The van der Waals surface area contributed by atoms with E-state index in [2.05, 4.69) is 54.2 Å². The summed E-state index contributed by atoms with van der Waals surface area (Å²) in [7, 11) is 5.28. The van der Waals surface area contributed by atoms with Crippen LogP contribution in [0.4, 0.5) is 0 Å². The summed E-state index contributed by atoms with van der Waals surface area (Å²) in [5, 5.41) is 6.81. The lowest BCUT2D eigenvalue weighted by Crippen LogP contribution is -2.41. The first-order chi connectivity index (χ1) is 16.2. The van der Waals surface area contributed by atoms with Gasteiger partial charge in [-0.15, -0.1) is 0 Å². The maximum atomic E-state index is 6.37. The largest absolute Gasteiger partial charge is 0.503 e. The molecule has 1 fully saturated rings. The average molecular weight is 469 g/mol. The highest BCUT2D eigenvalue weighted by Crippen LogP contribution is 2.37. The molecule has 0 unspecified atom stereocenters. The van der Waals surface area contributed by atoms with Crippen LogP contribution in [-0.2, 0) is 4.74 Å². The topological polar surface area (TPSA) is 92.5 Å². The van der Waals surface area contributed by atoms with Gasteiger partial charge in [-0.05, 0) is 45.3 Å². The fraction of sp³-hybridized carbons (Fsp3) is 0.481. The Labute approximate surface area is 206 Å². The second-order valence-electron chi connectivity index (χ2n) is 8.73. The molecule has 34 heavy (non-hydrogen) atoms. The number of nitrogens with zero attached hydrogens (tertiary/aromatic N) is 4. The van der Waals surface area contributed by atoms with Crippen molar-refractivity contribution in [1.82, 2.24) is 9.91 Å². The van der Waals surface area contributed by atoms with E-state index in [-0.39, 0.29) is 5.41 Å². The molecule has 0 amide bonds. The summed E-state index contributed by atoms with van der Waals surface area (Å²) in [6, 6.07) is 0. The minimum Gasteiger partial charge on any atom is -0.503 e. The number of methoxy groups -OCH3 is 1. The number of rotatable bonds is 11. The Kier molecular flexibility index (Phi) is 12.6. The van der Waals surface area contributed by atoms with Gasteiger partial charge in [0, 0.05) is 50.9 Å². The van der Waals surface area contributed by atoms with Crippen LogP contribution in [-0.4, -0.2) is 55.8 Å². The minimum absolute atomic E-state index is 0.00643. The lowest BCUT2D eigenvalue weighted by Gasteiger charge is -2.40. The summed E-state index contributed by atoms with van der Waals surface area (Å²) in [4.78, 5) is 6.28. The first-order valence-corrected chi connectivity index (χ1v) is 11.8. The third kappa shape index (κ3) is 9.33. The van der Waals surface area contributed by atoms with E-state index in [1.54, 1.807) is 20.4 Å². The van der Waals surface area contributed by atoms with Crippen LogP contribution < -0.4 is 11.5 Å². The second-order valence-corrected chi connectivity index (χ2v) is 8.73. The van der Waals surface area contributed by atoms with E-state index in [0.29, 0.717) is 23.7 Å². The van der Waals surface area contributed by atoms with Gasteiger partial charge < -0.3 is 21.1 Å². The van der Waals surface area contributed by atoms with E-state index in [1.165, 1.54) is 5.57 Å². The molecule has 1 aliphatic rings. The highest BCUT2D eigenvalue weighted by Gasteiger charge is 2.33. The first kappa shape index (κ1) is 28.8. The van der Waals surface area contributed by atoms with Crippen molar-refractivity contribution in [3.05, 3.63) is 72.0 Å². The summed E-state index contributed by atoms with van der Waals surface area (Å²) in [5.74, 6) is 0.413. The minimum atomic E-state index is 0.00643. The molecular weight excluding hydrogens is 424 g/mol. The van der Waals surface area contributed by atoms with Gasteiger partial charge in [0.2, 0.25) is 0 Å². The number of nitrogens with two attached hydrogens (primary N) is 2. The molecule has 1 atom stereocenters. The van der Waals surface area contributed by atoms with Gasteiger partial charge in [-0.2, -0.15) is 5.10 Å². The Balaban J connectivity index is 3.00. The van der Waals surface area contributed by atoms with E-state index >= 15 is 0 Å². The first-order valence-electron chi connectivity index (χ1n) is 11.8. The van der Waals surface area contributed by atoms with Crippen molar-refractivity contribution >= 4 is 11.5 Å². The molecule has 0 aromatic carbocycles. The number of ether oxygens (including phenoxy) is 1. The van der Waals surface area contributed by atoms with Crippen molar-refractivity contribution in [2.24, 2.45) is 27.0 Å². The molecule has 1 aliphatic heterocycles. The molecule has 0 saturated carbocycles. The van der Waals surface area contributed by atoms with E-state index in [9.17, 15) is 0 Å². The fourth-order valence-corrected chi connectivity index (χ4v) is 3.94. The zero-order valence-corrected chi connectivity index (χ0v) is 22.1. The van der Waals surface area contributed by atoms with Crippen LogP contribution in [0.2, 0.25) is 0 Å². The van der Waals surface area contributed by atoms with Crippen molar-refractivity contribution in [3.63, 3.8) is 0 Å². The van der Waals surface area contributed by atoms with Crippen molar-refractivity contribution in [2.75, 3.05) is 34.3 Å². The van der Waals surface area contributed by atoms with Crippen molar-refractivity contribution in [2.45, 2.75) is 47.0 Å². The molecule has 0 spiro atoms. The molecule has 4 N–H and O–H groups in total. The number of amidine groups is 1. The molecule has 1 heterocycles. The Morgan fingerprint density at radius 1 is 1.21 bits per heavy atom. The number of piperidine rings is 1. The zero-order chi connectivity index (χ0) is 25.6. The molecule has 188 valence electrons. The Morgan fingerprint density at radius 3 is 2.53 bits per heavy atom. The van der Waals surface area contributed by atoms with Gasteiger partial charge in [0.05, 0.1) is 12.8 Å². The van der Waals surface area contributed by atoms with Gasteiger partial charge in [-0.1, -0.05) is 43.4 Å². The molecular formula is C27H44N6O. The monoisotopic (exact) mass is 468 g/mol. The summed E-state index contributed by atoms with van der Waals surface area (Å²) >= 11 is 0. The standard InChI is InChI=1S/C27H44N6O/c1-8-10-14-23(13-9-2)27(4)17-12-18-33(21-27)31-26(29)25(30-5)16-11-15-24(20-34-7)32(6)19-22(3)28/h8-11,13-14,16,19-20H,12,15,17-18,21,28H2,1-7H3,(H2,29,31)/b10-8-,13-9-,16-11?,22-19-,23-14+,24-20-,30-25?/t27-/m1/s1. The van der Waals surface area contributed by atoms with Crippen LogP contribution >= 0.6 is 0 Å². The molecule has 0 aromatic heterocycles. The summed E-state index contributed by atoms with van der Waals surface area (Å²) < 4.78 is 5.21. The Hall–Kier alpha value is -3.22. The number of allylic oxidation sites excluding steroid dienone is 7. The molecule has 0 aliphatic carbocycles.